The van der Waals surface area contributed by atoms with Crippen LogP contribution in [0.4, 0.5) is 0 Å². The predicted molar refractivity (Wildman–Crippen MR) is 96.6 cm³/mol. The van der Waals surface area contributed by atoms with Crippen molar-refractivity contribution in [1.29, 1.82) is 0 Å². The Labute approximate surface area is 148 Å². The second-order valence-electron chi connectivity index (χ2n) is 6.30. The summed E-state index contributed by atoms with van der Waals surface area (Å²) in [7, 11) is 0. The lowest BCUT2D eigenvalue weighted by atomic mass is 10.2. The summed E-state index contributed by atoms with van der Waals surface area (Å²) in [6.07, 6.45) is -0.482. The first kappa shape index (κ1) is 17.8. The van der Waals surface area contributed by atoms with Crippen molar-refractivity contribution in [3.63, 3.8) is 0 Å². The zero-order valence-electron chi connectivity index (χ0n) is 14.6. The summed E-state index contributed by atoms with van der Waals surface area (Å²) in [6, 6.07) is 11.5. The molecule has 1 saturated heterocycles. The van der Waals surface area contributed by atoms with Crippen LogP contribution in [-0.2, 0) is 4.74 Å². The summed E-state index contributed by atoms with van der Waals surface area (Å²) in [4.78, 5) is 21.2. The summed E-state index contributed by atoms with van der Waals surface area (Å²) in [5, 5.41) is 11.0. The molecule has 1 N–H and O–H groups in total. The van der Waals surface area contributed by atoms with E-state index in [2.05, 4.69) is 9.88 Å². The van der Waals surface area contributed by atoms with Gasteiger partial charge in [0.2, 0.25) is 0 Å². The van der Waals surface area contributed by atoms with Crippen LogP contribution in [0.15, 0.2) is 36.4 Å². The van der Waals surface area contributed by atoms with Gasteiger partial charge in [-0.1, -0.05) is 24.3 Å². The van der Waals surface area contributed by atoms with Crippen molar-refractivity contribution >= 4 is 16.8 Å². The number of ether oxygens (including phenoxy) is 1. The van der Waals surface area contributed by atoms with E-state index in [0.29, 0.717) is 38.5 Å². The van der Waals surface area contributed by atoms with Gasteiger partial charge in [-0.15, -0.1) is 0 Å². The summed E-state index contributed by atoms with van der Waals surface area (Å²) < 4.78 is 5.24. The Bertz CT molecular complexity index is 714. The molecule has 0 saturated carbocycles. The highest BCUT2D eigenvalue weighted by molar-refractivity contribution is 5.95. The Morgan fingerprint density at radius 3 is 2.72 bits per heavy atom. The number of aliphatic hydroxyl groups is 1. The topological polar surface area (TPSA) is 65.9 Å². The Morgan fingerprint density at radius 2 is 1.96 bits per heavy atom. The van der Waals surface area contributed by atoms with Crippen molar-refractivity contribution in [3.8, 4) is 0 Å². The molecule has 1 atom stereocenters. The smallest absolute Gasteiger partial charge is 0.272 e. The fourth-order valence-electron chi connectivity index (χ4n) is 3.09. The van der Waals surface area contributed by atoms with Gasteiger partial charge in [0.05, 0.1) is 18.2 Å². The van der Waals surface area contributed by atoms with Crippen LogP contribution >= 0.6 is 0 Å². The molecule has 1 unspecified atom stereocenters. The lowest BCUT2D eigenvalue weighted by Crippen LogP contribution is -2.51. The zero-order valence-corrected chi connectivity index (χ0v) is 14.6. The van der Waals surface area contributed by atoms with E-state index in [1.54, 1.807) is 6.07 Å². The van der Waals surface area contributed by atoms with Gasteiger partial charge >= 0.3 is 0 Å². The number of para-hydroxylation sites is 1. The van der Waals surface area contributed by atoms with Gasteiger partial charge in [-0.25, -0.2) is 4.98 Å². The second kappa shape index (κ2) is 8.38. The number of carbonyl (C=O) groups excluding carboxylic acids is 1. The number of carbonyl (C=O) groups is 1. The lowest BCUT2D eigenvalue weighted by Gasteiger charge is -2.35. The summed E-state index contributed by atoms with van der Waals surface area (Å²) >= 11 is 0. The quantitative estimate of drug-likeness (QED) is 0.859. The number of aromatic nitrogens is 1. The van der Waals surface area contributed by atoms with Crippen LogP contribution in [0.5, 0.6) is 0 Å². The minimum absolute atomic E-state index is 0.0275. The zero-order chi connectivity index (χ0) is 17.6. The number of nitrogens with zero attached hydrogens (tertiary/aromatic N) is 3. The molecule has 1 aliphatic heterocycles. The molecule has 2 heterocycles. The Hall–Kier alpha value is -2.02. The highest BCUT2D eigenvalue weighted by Gasteiger charge is 2.24. The molecule has 0 aliphatic carbocycles. The predicted octanol–water partition coefficient (Wildman–Crippen LogP) is 1.39. The third-order valence-electron chi connectivity index (χ3n) is 4.46. The van der Waals surface area contributed by atoms with E-state index in [4.69, 9.17) is 4.74 Å². The molecule has 6 heteroatoms. The van der Waals surface area contributed by atoms with E-state index in [9.17, 15) is 9.90 Å². The average molecular weight is 343 g/mol. The average Bonchev–Trinajstić information content (AvgIpc) is 2.66. The number of rotatable bonds is 6. The molecular weight excluding hydrogens is 318 g/mol. The van der Waals surface area contributed by atoms with Crippen LogP contribution in [-0.4, -0.2) is 77.8 Å². The summed E-state index contributed by atoms with van der Waals surface area (Å²) in [5.41, 5.74) is 1.33. The van der Waals surface area contributed by atoms with Gasteiger partial charge in [-0.2, -0.15) is 0 Å². The molecule has 6 nitrogen and oxygen atoms in total. The van der Waals surface area contributed by atoms with Gasteiger partial charge in [0.1, 0.15) is 5.69 Å². The number of benzene rings is 1. The van der Waals surface area contributed by atoms with Gasteiger partial charge in [0.15, 0.2) is 0 Å². The van der Waals surface area contributed by atoms with E-state index >= 15 is 0 Å². The first-order chi connectivity index (χ1) is 12.2. The normalized spacial score (nSPS) is 17.0. The fraction of sp³-hybridized carbons (Fsp3) is 0.474. The van der Waals surface area contributed by atoms with Crippen LogP contribution in [0.2, 0.25) is 0 Å². The third-order valence-corrected chi connectivity index (χ3v) is 4.46. The summed E-state index contributed by atoms with van der Waals surface area (Å²) in [5.74, 6) is -0.0275. The van der Waals surface area contributed by atoms with Crippen LogP contribution in [0.25, 0.3) is 10.9 Å². The standard InChI is InChI=1S/C19H25N3O3/c1-2-25-14-16(23)13-21-9-11-22(12-10-21)19(24)18-8-7-15-5-3-4-6-17(15)20-18/h3-8,16,23H,2,9-14H2,1H3. The molecule has 1 aromatic heterocycles. The van der Waals surface area contributed by atoms with Crippen molar-refractivity contribution in [3.05, 3.63) is 42.1 Å². The van der Waals surface area contributed by atoms with Crippen molar-refractivity contribution in [2.24, 2.45) is 0 Å². The van der Waals surface area contributed by atoms with Crippen LogP contribution in [0.1, 0.15) is 17.4 Å². The Morgan fingerprint density at radius 1 is 1.20 bits per heavy atom. The molecule has 0 spiro atoms. The maximum Gasteiger partial charge on any atom is 0.272 e. The van der Waals surface area contributed by atoms with Gasteiger partial charge in [-0.05, 0) is 19.1 Å². The van der Waals surface area contributed by atoms with Gasteiger partial charge in [0.25, 0.3) is 5.91 Å². The monoisotopic (exact) mass is 343 g/mol. The molecule has 1 fully saturated rings. The molecular formula is C19H25N3O3. The van der Waals surface area contributed by atoms with Crippen molar-refractivity contribution < 1.29 is 14.6 Å². The molecule has 0 radical (unpaired) electrons. The van der Waals surface area contributed by atoms with E-state index < -0.39 is 6.10 Å². The maximum absolute atomic E-state index is 12.7. The molecule has 1 amide bonds. The van der Waals surface area contributed by atoms with Crippen LogP contribution in [0, 0.1) is 0 Å². The Balaban J connectivity index is 1.55. The van der Waals surface area contributed by atoms with E-state index in [1.807, 2.05) is 42.2 Å². The SMILES string of the molecule is CCOCC(O)CN1CCN(C(=O)c2ccc3ccccc3n2)CC1. The molecule has 1 aromatic carbocycles. The second-order valence-corrected chi connectivity index (χ2v) is 6.30. The first-order valence-corrected chi connectivity index (χ1v) is 8.80. The van der Waals surface area contributed by atoms with Gasteiger partial charge < -0.3 is 14.7 Å². The van der Waals surface area contributed by atoms with Crippen molar-refractivity contribution in [2.45, 2.75) is 13.0 Å². The highest BCUT2D eigenvalue weighted by atomic mass is 16.5. The summed E-state index contributed by atoms with van der Waals surface area (Å²) in [6.45, 7) is 6.26. The number of aliphatic hydroxyl groups excluding tert-OH is 1. The fourth-order valence-corrected chi connectivity index (χ4v) is 3.09. The molecule has 25 heavy (non-hydrogen) atoms. The highest BCUT2D eigenvalue weighted by Crippen LogP contribution is 2.14. The number of pyridine rings is 1. The molecule has 1 aliphatic rings. The molecule has 134 valence electrons. The number of β-amino-alcohol motifs (C(OH)–C–C–N with tert-alkyl or cyclic N) is 1. The van der Waals surface area contributed by atoms with Crippen molar-refractivity contribution in [2.75, 3.05) is 45.9 Å². The Kier molecular flexibility index (Phi) is 5.96. The maximum atomic E-state index is 12.7. The first-order valence-electron chi connectivity index (χ1n) is 8.80. The number of hydrogen-bond acceptors (Lipinski definition) is 5. The van der Waals surface area contributed by atoms with E-state index in [1.165, 1.54) is 0 Å². The number of piperazine rings is 1. The molecule has 3 rings (SSSR count). The van der Waals surface area contributed by atoms with Crippen LogP contribution < -0.4 is 0 Å². The largest absolute Gasteiger partial charge is 0.389 e. The van der Waals surface area contributed by atoms with Gasteiger partial charge in [0, 0.05) is 44.7 Å². The molecule has 0 bridgehead atoms. The molecule has 2 aromatic rings. The number of hydrogen-bond donors (Lipinski definition) is 1. The minimum atomic E-state index is -0.482. The van der Waals surface area contributed by atoms with Gasteiger partial charge in [-0.3, -0.25) is 9.69 Å². The number of amides is 1. The number of fused-ring (bicyclic) bond motifs is 1. The minimum Gasteiger partial charge on any atom is -0.389 e. The van der Waals surface area contributed by atoms with E-state index in [0.717, 1.165) is 24.0 Å². The lowest BCUT2D eigenvalue weighted by molar-refractivity contribution is 0.0110. The third kappa shape index (κ3) is 4.54. The van der Waals surface area contributed by atoms with Crippen molar-refractivity contribution in [1.82, 2.24) is 14.8 Å². The van der Waals surface area contributed by atoms with E-state index in [-0.39, 0.29) is 5.91 Å². The van der Waals surface area contributed by atoms with Crippen LogP contribution in [0.3, 0.4) is 0 Å².